The van der Waals surface area contributed by atoms with Crippen LogP contribution < -0.4 is 24.4 Å². The molecule has 3 heterocycles. The summed E-state index contributed by atoms with van der Waals surface area (Å²) in [6.07, 6.45) is -15.7. The van der Waals surface area contributed by atoms with Crippen LogP contribution in [-0.4, -0.2) is 134 Å². The molecule has 18 nitrogen and oxygen atoms in total. The Balaban J connectivity index is 1.71. The molecule has 0 bridgehead atoms. The molecule has 2 aromatic carbocycles. The maximum atomic E-state index is 13.5. The fourth-order valence-electron chi connectivity index (χ4n) is 5.07. The number of ether oxygens (including phenoxy) is 6. The smallest absolute Gasteiger partial charge is 0.229 e. The van der Waals surface area contributed by atoms with E-state index < -0.39 is 108 Å². The Morgan fingerprint density at radius 1 is 0.674 bits per heavy atom. The molecule has 46 heavy (non-hydrogen) atoms. The number of aliphatic hydroxyl groups excluding tert-OH is 7. The van der Waals surface area contributed by atoms with Crippen LogP contribution in [0.1, 0.15) is 0 Å². The van der Waals surface area contributed by atoms with Gasteiger partial charge in [0.05, 0.1) is 27.4 Å². The van der Waals surface area contributed by atoms with Crippen molar-refractivity contribution in [1.82, 2.24) is 0 Å². The highest BCUT2D eigenvalue weighted by Gasteiger charge is 2.47. The van der Waals surface area contributed by atoms with E-state index in [0.717, 1.165) is 6.07 Å². The van der Waals surface area contributed by atoms with E-state index in [9.17, 15) is 55.9 Å². The van der Waals surface area contributed by atoms with E-state index in [0.29, 0.717) is 0 Å². The number of rotatable bonds is 9. The van der Waals surface area contributed by atoms with Crippen molar-refractivity contribution in [3.05, 3.63) is 28.4 Å². The maximum absolute atomic E-state index is 13.5. The van der Waals surface area contributed by atoms with Crippen LogP contribution in [0, 0.1) is 0 Å². The zero-order valence-corrected chi connectivity index (χ0v) is 24.1. The van der Waals surface area contributed by atoms with Gasteiger partial charge < -0.3 is 83.9 Å². The van der Waals surface area contributed by atoms with Gasteiger partial charge in [0.25, 0.3) is 0 Å². The Labute approximate surface area is 257 Å². The van der Waals surface area contributed by atoms with Gasteiger partial charge in [-0.2, -0.15) is 0 Å². The van der Waals surface area contributed by atoms with Gasteiger partial charge in [-0.25, -0.2) is 0 Å². The summed E-state index contributed by atoms with van der Waals surface area (Å²) in [5.74, 6) is -4.72. The number of phenolic OH excluding ortho intramolecular Hbond substituents is 3. The molecule has 0 saturated carbocycles. The van der Waals surface area contributed by atoms with Crippen molar-refractivity contribution < 1.29 is 83.9 Å². The lowest BCUT2D eigenvalue weighted by Crippen LogP contribution is -2.60. The molecular formula is C28H32O18. The van der Waals surface area contributed by atoms with Crippen molar-refractivity contribution in [1.29, 1.82) is 0 Å². The second kappa shape index (κ2) is 12.9. The van der Waals surface area contributed by atoms with Gasteiger partial charge in [-0.05, 0) is 12.1 Å². The normalized spacial score (nSPS) is 29.5. The highest BCUT2D eigenvalue weighted by Crippen LogP contribution is 2.51. The van der Waals surface area contributed by atoms with Gasteiger partial charge in [0, 0.05) is 11.6 Å². The number of methoxy groups -OCH3 is 2. The van der Waals surface area contributed by atoms with Gasteiger partial charge in [0.15, 0.2) is 28.3 Å². The minimum atomic E-state index is -2.01. The van der Waals surface area contributed by atoms with E-state index in [4.69, 9.17) is 32.8 Å². The van der Waals surface area contributed by atoms with E-state index in [1.165, 1.54) is 26.4 Å². The van der Waals surface area contributed by atoms with E-state index in [1.54, 1.807) is 0 Å². The standard InChI is InChI=1S/C28H32O18/c1-40-11-3-8(4-12(41-2)16(11)32)10-5-9(31)15-19(35)25(45-27-21(37)18(34)14(7-30)44-27)23(39)26(24(15)42-10)46-28-22(38)20(36)17(33)13(6-29)43-28/h3-5,13-14,17-18,20-22,27-30,32-39H,6-7H2,1-2H3/t13-,14-,17-,18-,20+,21+,22-,27?,28?/m1/s1. The molecule has 5 rings (SSSR count). The lowest BCUT2D eigenvalue weighted by Gasteiger charge is -2.39. The van der Waals surface area contributed by atoms with Crippen LogP contribution in [0.5, 0.6) is 40.2 Å². The Morgan fingerprint density at radius 2 is 1.17 bits per heavy atom. The molecule has 0 amide bonds. The average Bonchev–Trinajstić information content (AvgIpc) is 3.32. The zero-order chi connectivity index (χ0) is 33.6. The van der Waals surface area contributed by atoms with Crippen LogP contribution in [0.2, 0.25) is 0 Å². The highest BCUT2D eigenvalue weighted by atomic mass is 16.7. The van der Waals surface area contributed by atoms with Crippen molar-refractivity contribution in [2.24, 2.45) is 0 Å². The van der Waals surface area contributed by atoms with Gasteiger partial charge in [-0.1, -0.05) is 0 Å². The summed E-state index contributed by atoms with van der Waals surface area (Å²) in [5.41, 5.74) is -1.55. The van der Waals surface area contributed by atoms with Crippen LogP contribution in [0.4, 0.5) is 0 Å². The molecule has 0 aliphatic carbocycles. The number of aromatic hydroxyl groups is 3. The minimum absolute atomic E-state index is 0.0807. The van der Waals surface area contributed by atoms with E-state index in [1.807, 2.05) is 0 Å². The summed E-state index contributed by atoms with van der Waals surface area (Å²) >= 11 is 0. The van der Waals surface area contributed by atoms with Crippen LogP contribution in [0.3, 0.4) is 0 Å². The van der Waals surface area contributed by atoms with Crippen molar-refractivity contribution in [2.45, 2.75) is 55.3 Å². The van der Waals surface area contributed by atoms with Gasteiger partial charge >= 0.3 is 0 Å². The third kappa shape index (κ3) is 5.59. The topological polar surface area (TPSA) is 288 Å². The molecule has 2 saturated heterocycles. The Morgan fingerprint density at radius 3 is 1.70 bits per heavy atom. The van der Waals surface area contributed by atoms with Gasteiger partial charge in [-0.15, -0.1) is 0 Å². The van der Waals surface area contributed by atoms with Crippen LogP contribution >= 0.6 is 0 Å². The molecule has 2 aliphatic heterocycles. The second-order valence-electron chi connectivity index (χ2n) is 10.4. The lowest BCUT2D eigenvalue weighted by atomic mass is 9.99. The fourth-order valence-corrected chi connectivity index (χ4v) is 5.07. The van der Waals surface area contributed by atoms with Gasteiger partial charge in [0.1, 0.15) is 53.9 Å². The van der Waals surface area contributed by atoms with Crippen molar-refractivity contribution in [3.8, 4) is 51.6 Å². The third-order valence-electron chi connectivity index (χ3n) is 7.62. The highest BCUT2D eigenvalue weighted by molar-refractivity contribution is 5.95. The molecule has 9 atom stereocenters. The predicted molar refractivity (Wildman–Crippen MR) is 149 cm³/mol. The minimum Gasteiger partial charge on any atom is -0.504 e. The molecule has 2 fully saturated rings. The number of benzene rings is 2. The SMILES string of the molecule is COc1cc(-c2cc(=O)c3c(O)c(OC4O[C@H](CO)[C@@H](O)[C@@H]4O)c(O)c(OC4O[C@H](CO)[C@@H](O)[C@H](O)[C@H]4O)c3o2)cc(OC)c1O. The molecule has 18 heteroatoms. The quantitative estimate of drug-likeness (QED) is 0.115. The van der Waals surface area contributed by atoms with Gasteiger partial charge in [0.2, 0.25) is 35.6 Å². The summed E-state index contributed by atoms with van der Waals surface area (Å²) in [6.45, 7) is -1.57. The first-order valence-corrected chi connectivity index (χ1v) is 13.6. The monoisotopic (exact) mass is 656 g/mol. The van der Waals surface area contributed by atoms with Crippen molar-refractivity contribution in [3.63, 3.8) is 0 Å². The Kier molecular flexibility index (Phi) is 9.36. The second-order valence-corrected chi connectivity index (χ2v) is 10.4. The van der Waals surface area contributed by atoms with Crippen molar-refractivity contribution >= 4 is 11.0 Å². The predicted octanol–water partition coefficient (Wildman–Crippen LogP) is -2.41. The molecule has 0 spiro atoms. The summed E-state index contributed by atoms with van der Waals surface area (Å²) in [6, 6.07) is 3.47. The Hall–Kier alpha value is -4.11. The Bertz CT molecular complexity index is 1610. The number of hydrogen-bond acceptors (Lipinski definition) is 18. The molecular weight excluding hydrogens is 624 g/mol. The largest absolute Gasteiger partial charge is 0.504 e. The summed E-state index contributed by atoms with van der Waals surface area (Å²) < 4.78 is 37.9. The van der Waals surface area contributed by atoms with Crippen LogP contribution in [0.25, 0.3) is 22.3 Å². The van der Waals surface area contributed by atoms with Crippen LogP contribution in [0.15, 0.2) is 27.4 Å². The lowest BCUT2D eigenvalue weighted by molar-refractivity contribution is -0.277. The van der Waals surface area contributed by atoms with E-state index in [2.05, 4.69) is 0 Å². The molecule has 1 aromatic heterocycles. The molecule has 2 unspecified atom stereocenters. The van der Waals surface area contributed by atoms with Crippen LogP contribution in [-0.2, 0) is 9.47 Å². The number of fused-ring (bicyclic) bond motifs is 1. The molecule has 0 radical (unpaired) electrons. The van der Waals surface area contributed by atoms with E-state index >= 15 is 0 Å². The summed E-state index contributed by atoms with van der Waals surface area (Å²) in [4.78, 5) is 13.5. The summed E-state index contributed by atoms with van der Waals surface area (Å²) in [5, 5.41) is 103. The summed E-state index contributed by atoms with van der Waals surface area (Å²) in [7, 11) is 2.51. The fraction of sp³-hybridized carbons (Fsp3) is 0.464. The third-order valence-corrected chi connectivity index (χ3v) is 7.62. The van der Waals surface area contributed by atoms with E-state index in [-0.39, 0.29) is 28.6 Å². The first-order chi connectivity index (χ1) is 21.9. The molecule has 2 aliphatic rings. The maximum Gasteiger partial charge on any atom is 0.229 e. The van der Waals surface area contributed by atoms with Gasteiger partial charge in [-0.3, -0.25) is 4.79 Å². The number of phenols is 3. The average molecular weight is 657 g/mol. The number of aliphatic hydroxyl groups is 7. The van der Waals surface area contributed by atoms with Crippen molar-refractivity contribution in [2.75, 3.05) is 27.4 Å². The molecule has 3 aromatic rings. The number of hydrogen-bond donors (Lipinski definition) is 10. The first kappa shape index (κ1) is 33.3. The first-order valence-electron chi connectivity index (χ1n) is 13.6. The molecule has 252 valence electrons. The zero-order valence-electron chi connectivity index (χ0n) is 24.1. The molecule has 10 N–H and O–H groups in total.